The zero-order valence-electron chi connectivity index (χ0n) is 57.7. The number of hydrogen-bond acceptors (Lipinski definition) is 18. The van der Waals surface area contributed by atoms with Crippen molar-refractivity contribution >= 4 is 5.91 Å². The Morgan fingerprint density at radius 3 is 1.08 bits per heavy atom. The topological polar surface area (TPSA) is 307 Å². The number of allylic oxidation sites excluding steroid dienone is 7. The van der Waals surface area contributed by atoms with Gasteiger partial charge < -0.3 is 89.9 Å². The minimum Gasteiger partial charge on any atom is -0.394 e. The first kappa shape index (κ1) is 85.0. The molecule has 3 aliphatic rings. The number of hydrogen-bond donors (Lipinski definition) is 12. The Morgan fingerprint density at radius 1 is 0.376 bits per heavy atom. The van der Waals surface area contributed by atoms with Crippen molar-refractivity contribution in [2.75, 3.05) is 26.4 Å². The van der Waals surface area contributed by atoms with Gasteiger partial charge in [-0.2, -0.15) is 0 Å². The highest BCUT2D eigenvalue weighted by molar-refractivity contribution is 5.76. The van der Waals surface area contributed by atoms with Crippen LogP contribution in [0.1, 0.15) is 284 Å². The average molecular weight is 1330 g/mol. The Bertz CT molecular complexity index is 1870. The van der Waals surface area contributed by atoms with E-state index in [1.807, 2.05) is 6.08 Å². The van der Waals surface area contributed by atoms with E-state index in [0.29, 0.717) is 12.8 Å². The van der Waals surface area contributed by atoms with Crippen molar-refractivity contribution in [1.82, 2.24) is 5.32 Å². The van der Waals surface area contributed by atoms with Crippen LogP contribution in [0.15, 0.2) is 48.6 Å². The molecule has 12 N–H and O–H groups in total. The van der Waals surface area contributed by atoms with Gasteiger partial charge >= 0.3 is 0 Å². The summed E-state index contributed by atoms with van der Waals surface area (Å²) in [4.78, 5) is 13.4. The Kier molecular flexibility index (Phi) is 50.8. The molecular formula is C74H135NO18. The average Bonchev–Trinajstić information content (AvgIpc) is 0.813. The number of unbranched alkanes of at least 4 members (excludes halogenated alkanes) is 36. The minimum atomic E-state index is -1.98. The van der Waals surface area contributed by atoms with Crippen molar-refractivity contribution in [3.05, 3.63) is 48.6 Å². The van der Waals surface area contributed by atoms with Gasteiger partial charge in [0.05, 0.1) is 38.6 Å². The number of carbonyl (C=O) groups is 1. The molecule has 3 fully saturated rings. The van der Waals surface area contributed by atoms with Crippen molar-refractivity contribution in [3.63, 3.8) is 0 Å². The summed E-state index contributed by atoms with van der Waals surface area (Å²) >= 11 is 0. The van der Waals surface area contributed by atoms with Gasteiger partial charge in [0.15, 0.2) is 18.9 Å². The van der Waals surface area contributed by atoms with Crippen molar-refractivity contribution in [2.45, 2.75) is 388 Å². The van der Waals surface area contributed by atoms with Crippen LogP contribution in [0.25, 0.3) is 0 Å². The lowest BCUT2D eigenvalue weighted by Crippen LogP contribution is -2.66. The molecule has 19 nitrogen and oxygen atoms in total. The van der Waals surface area contributed by atoms with Crippen molar-refractivity contribution in [1.29, 1.82) is 0 Å². The number of nitrogens with one attached hydrogen (secondary N) is 1. The predicted molar refractivity (Wildman–Crippen MR) is 365 cm³/mol. The van der Waals surface area contributed by atoms with Crippen LogP contribution in [0.5, 0.6) is 0 Å². The molecule has 17 unspecified atom stereocenters. The SMILES string of the molecule is CCCCCCCCC/C=C\CCCCCCCC(=O)NC(COC1OC(CO)C(OC2OC(CO)C(OC3OC(CO)C(O)C(O)C3O)C(O)C2O)C(O)C1O)C(O)/C=C/CC/C=C/CC/C=C/CCCCCCCCCCCCCCCCCCCCCCCC. The summed E-state index contributed by atoms with van der Waals surface area (Å²) < 4.78 is 34.3. The third-order valence-corrected chi connectivity index (χ3v) is 18.6. The Balaban J connectivity index is 1.40. The molecule has 0 spiro atoms. The van der Waals surface area contributed by atoms with Crippen LogP contribution in [-0.4, -0.2) is 193 Å². The van der Waals surface area contributed by atoms with E-state index < -0.39 is 124 Å². The molecule has 19 heteroatoms. The normalized spacial score (nSPS) is 27.8. The lowest BCUT2D eigenvalue weighted by molar-refractivity contribution is -0.379. The van der Waals surface area contributed by atoms with Crippen LogP contribution < -0.4 is 5.32 Å². The van der Waals surface area contributed by atoms with Gasteiger partial charge in [0.1, 0.15) is 73.2 Å². The maximum absolute atomic E-state index is 13.4. The first-order chi connectivity index (χ1) is 45.3. The van der Waals surface area contributed by atoms with Gasteiger partial charge in [0.25, 0.3) is 0 Å². The van der Waals surface area contributed by atoms with Crippen LogP contribution in [0.3, 0.4) is 0 Å². The standard InChI is InChI=1S/C74H135NO18/c1-3-5-7-9-11-13-15-17-19-21-22-23-24-25-26-27-28-29-30-31-32-33-34-35-36-37-39-41-43-45-47-49-51-58(79)57(75-62(80)52-50-48-46-44-42-40-38-20-18-16-14-12-10-8-6-4-2)56-88-72-68(86)65(83)70(60(54-77)90-72)93-74-69(87)66(84)71(61(55-78)91-74)92-73-67(85)64(82)63(81)59(53-76)89-73/h20,35-36,38,41,43,49,51,57-61,63-74,76-79,81-87H,3-19,21-34,37,39-40,42,44-48,50,52-56H2,1-2H3,(H,75,80)/b36-35+,38-20-,43-41+,51-49+. The van der Waals surface area contributed by atoms with Crippen LogP contribution in [0, 0.1) is 0 Å². The quantitative estimate of drug-likeness (QED) is 0.0199. The van der Waals surface area contributed by atoms with Gasteiger partial charge in [-0.3, -0.25) is 4.79 Å². The van der Waals surface area contributed by atoms with E-state index >= 15 is 0 Å². The Hall–Kier alpha value is -2.25. The highest BCUT2D eigenvalue weighted by Gasteiger charge is 2.53. The zero-order valence-corrected chi connectivity index (χ0v) is 57.7. The van der Waals surface area contributed by atoms with E-state index in [0.717, 1.165) is 64.2 Å². The first-order valence-corrected chi connectivity index (χ1v) is 37.4. The summed E-state index contributed by atoms with van der Waals surface area (Å²) in [7, 11) is 0. The van der Waals surface area contributed by atoms with Gasteiger partial charge in [0, 0.05) is 6.42 Å². The number of ether oxygens (including phenoxy) is 6. The maximum Gasteiger partial charge on any atom is 0.220 e. The van der Waals surface area contributed by atoms with Gasteiger partial charge in [-0.05, 0) is 70.6 Å². The molecule has 3 rings (SSSR count). The molecular weight excluding hydrogens is 1190 g/mol. The van der Waals surface area contributed by atoms with E-state index in [2.05, 4.69) is 55.6 Å². The molecule has 0 aliphatic carbocycles. The van der Waals surface area contributed by atoms with Crippen LogP contribution >= 0.6 is 0 Å². The second-order valence-electron chi connectivity index (χ2n) is 26.7. The zero-order chi connectivity index (χ0) is 67.5. The highest BCUT2D eigenvalue weighted by Crippen LogP contribution is 2.33. The predicted octanol–water partition coefficient (Wildman–Crippen LogP) is 10.9. The van der Waals surface area contributed by atoms with Gasteiger partial charge in [-0.1, -0.05) is 255 Å². The summed E-state index contributed by atoms with van der Waals surface area (Å²) in [6.45, 7) is 1.72. The molecule has 0 radical (unpaired) electrons. The highest BCUT2D eigenvalue weighted by atomic mass is 16.8. The van der Waals surface area contributed by atoms with Gasteiger partial charge in [-0.25, -0.2) is 0 Å². The van der Waals surface area contributed by atoms with Crippen LogP contribution in [0.2, 0.25) is 0 Å². The summed E-state index contributed by atoms with van der Waals surface area (Å²) in [6.07, 6.45) is 41.2. The largest absolute Gasteiger partial charge is 0.394 e. The van der Waals surface area contributed by atoms with E-state index in [1.54, 1.807) is 6.08 Å². The third kappa shape index (κ3) is 37.0. The summed E-state index contributed by atoms with van der Waals surface area (Å²) in [6, 6.07) is -1.00. The Labute approximate surface area is 561 Å². The minimum absolute atomic E-state index is 0.222. The monoisotopic (exact) mass is 1330 g/mol. The molecule has 17 atom stereocenters. The van der Waals surface area contributed by atoms with E-state index in [4.69, 9.17) is 28.4 Å². The van der Waals surface area contributed by atoms with E-state index in [9.17, 15) is 61.0 Å². The Morgan fingerprint density at radius 2 is 0.688 bits per heavy atom. The molecule has 1 amide bonds. The number of carbonyl (C=O) groups excluding carboxylic acids is 1. The second-order valence-corrected chi connectivity index (χ2v) is 26.7. The van der Waals surface area contributed by atoms with Crippen LogP contribution in [-0.2, 0) is 33.2 Å². The summed E-state index contributed by atoms with van der Waals surface area (Å²) in [5, 5.41) is 121. The fourth-order valence-electron chi connectivity index (χ4n) is 12.5. The van der Waals surface area contributed by atoms with Crippen molar-refractivity contribution in [3.8, 4) is 0 Å². The molecule has 0 aromatic rings. The van der Waals surface area contributed by atoms with E-state index in [1.165, 1.54) is 186 Å². The van der Waals surface area contributed by atoms with Crippen molar-refractivity contribution < 1.29 is 89.4 Å². The van der Waals surface area contributed by atoms with Crippen molar-refractivity contribution in [2.24, 2.45) is 0 Å². The maximum atomic E-state index is 13.4. The molecule has 3 saturated heterocycles. The van der Waals surface area contributed by atoms with Crippen LogP contribution in [0.4, 0.5) is 0 Å². The molecule has 3 heterocycles. The molecule has 93 heavy (non-hydrogen) atoms. The fraction of sp³-hybridized carbons (Fsp3) is 0.878. The molecule has 3 aliphatic heterocycles. The summed E-state index contributed by atoms with van der Waals surface area (Å²) in [5.41, 5.74) is 0. The smallest absolute Gasteiger partial charge is 0.220 e. The van der Waals surface area contributed by atoms with Gasteiger partial charge in [0.2, 0.25) is 5.91 Å². The molecule has 0 aromatic heterocycles. The molecule has 0 saturated carbocycles. The fourth-order valence-corrected chi connectivity index (χ4v) is 12.5. The second kappa shape index (κ2) is 55.6. The number of rotatable bonds is 58. The number of aliphatic hydroxyl groups excluding tert-OH is 11. The van der Waals surface area contributed by atoms with E-state index in [-0.39, 0.29) is 18.9 Å². The first-order valence-electron chi connectivity index (χ1n) is 37.4. The van der Waals surface area contributed by atoms with Gasteiger partial charge in [-0.15, -0.1) is 0 Å². The number of amides is 1. The number of aliphatic hydroxyl groups is 11. The molecule has 544 valence electrons. The summed E-state index contributed by atoms with van der Waals surface area (Å²) in [5.74, 6) is -0.297. The third-order valence-electron chi connectivity index (χ3n) is 18.6. The molecule has 0 aromatic carbocycles. The molecule has 0 bridgehead atoms. The lowest BCUT2D eigenvalue weighted by atomic mass is 9.96. The lowest BCUT2D eigenvalue weighted by Gasteiger charge is -2.48.